The van der Waals surface area contributed by atoms with Crippen molar-refractivity contribution in [3.05, 3.63) is 41.6 Å². The molecular weight excluding hydrogens is 328 g/mol. The van der Waals surface area contributed by atoms with E-state index in [2.05, 4.69) is 48.9 Å². The summed E-state index contributed by atoms with van der Waals surface area (Å²) in [5.74, 6) is 0.783. The lowest BCUT2D eigenvalue weighted by atomic mass is 9.76. The summed E-state index contributed by atoms with van der Waals surface area (Å²) in [5, 5.41) is 2.19. The molecule has 3 nitrogen and oxygen atoms in total. The van der Waals surface area contributed by atoms with Gasteiger partial charge in [-0.05, 0) is 42.9 Å². The molecule has 132 valence electrons. The topological polar surface area (TPSA) is 29.3 Å². The molecular formula is C21H26N2OS. The maximum absolute atomic E-state index is 5.67. The summed E-state index contributed by atoms with van der Waals surface area (Å²) < 4.78 is 5.67. The highest BCUT2D eigenvalue weighted by molar-refractivity contribution is 7.15. The van der Waals surface area contributed by atoms with E-state index in [1.165, 1.54) is 30.8 Å². The summed E-state index contributed by atoms with van der Waals surface area (Å²) in [4.78, 5) is 8.62. The molecule has 0 radical (unpaired) electrons. The summed E-state index contributed by atoms with van der Waals surface area (Å²) in [7, 11) is 0. The first-order valence-corrected chi connectivity index (χ1v) is 9.96. The molecule has 0 N–H and O–H groups in total. The van der Waals surface area contributed by atoms with Crippen LogP contribution in [-0.2, 0) is 6.54 Å². The summed E-state index contributed by atoms with van der Waals surface area (Å²) in [6.07, 6.45) is 6.46. The molecule has 3 heterocycles. The third-order valence-electron chi connectivity index (χ3n) is 5.37. The Kier molecular flexibility index (Phi) is 4.42. The van der Waals surface area contributed by atoms with Crippen molar-refractivity contribution in [3.63, 3.8) is 0 Å². The zero-order chi connectivity index (χ0) is 17.4. The molecule has 1 aromatic carbocycles. The molecule has 0 saturated carbocycles. The number of hydrogen-bond donors (Lipinski definition) is 0. The van der Waals surface area contributed by atoms with Crippen molar-refractivity contribution in [1.29, 1.82) is 0 Å². The van der Waals surface area contributed by atoms with E-state index in [0.717, 1.165) is 34.0 Å². The second-order valence-corrected chi connectivity index (χ2v) is 9.33. The van der Waals surface area contributed by atoms with Crippen LogP contribution in [0.1, 0.15) is 38.5 Å². The van der Waals surface area contributed by atoms with Crippen LogP contribution in [0.25, 0.3) is 21.5 Å². The monoisotopic (exact) mass is 354 g/mol. The molecule has 1 aliphatic rings. The van der Waals surface area contributed by atoms with Crippen molar-refractivity contribution in [2.75, 3.05) is 13.1 Å². The Labute approximate surface area is 153 Å². The number of likely N-dealkylation sites (tertiary alicyclic amines) is 1. The fourth-order valence-corrected chi connectivity index (χ4v) is 4.77. The Morgan fingerprint density at radius 2 is 2.16 bits per heavy atom. The first kappa shape index (κ1) is 16.8. The number of thiazole rings is 1. The second kappa shape index (κ2) is 6.58. The van der Waals surface area contributed by atoms with Crippen LogP contribution in [0, 0.1) is 11.3 Å². The normalized spacial score (nSPS) is 19.6. The molecule has 4 heteroatoms. The van der Waals surface area contributed by atoms with Gasteiger partial charge in [-0.3, -0.25) is 4.90 Å². The lowest BCUT2D eigenvalue weighted by molar-refractivity contribution is 0.0950. The minimum Gasteiger partial charge on any atom is -0.464 e. The third kappa shape index (κ3) is 3.51. The molecule has 1 saturated heterocycles. The van der Waals surface area contributed by atoms with E-state index in [4.69, 9.17) is 4.42 Å². The smallest absolute Gasteiger partial charge is 0.144 e. The van der Waals surface area contributed by atoms with Gasteiger partial charge < -0.3 is 4.42 Å². The lowest BCUT2D eigenvalue weighted by Gasteiger charge is -2.39. The molecule has 0 bridgehead atoms. The van der Waals surface area contributed by atoms with Gasteiger partial charge >= 0.3 is 0 Å². The molecule has 1 fully saturated rings. The van der Waals surface area contributed by atoms with Crippen LogP contribution in [0.15, 0.2) is 41.1 Å². The Balaban J connectivity index is 1.51. The van der Waals surface area contributed by atoms with Crippen LogP contribution in [0.4, 0.5) is 0 Å². The van der Waals surface area contributed by atoms with Crippen molar-refractivity contribution in [2.24, 2.45) is 11.3 Å². The van der Waals surface area contributed by atoms with Gasteiger partial charge in [-0.2, -0.15) is 0 Å². The highest BCUT2D eigenvalue weighted by Crippen LogP contribution is 2.35. The predicted octanol–water partition coefficient (Wildman–Crippen LogP) is 5.81. The molecule has 0 spiro atoms. The van der Waals surface area contributed by atoms with Gasteiger partial charge in [-0.25, -0.2) is 4.98 Å². The van der Waals surface area contributed by atoms with Crippen molar-refractivity contribution in [2.45, 2.75) is 40.2 Å². The zero-order valence-electron chi connectivity index (χ0n) is 15.3. The highest BCUT2D eigenvalue weighted by Gasteiger charge is 2.29. The van der Waals surface area contributed by atoms with Crippen molar-refractivity contribution < 1.29 is 4.42 Å². The zero-order valence-corrected chi connectivity index (χ0v) is 16.1. The van der Waals surface area contributed by atoms with E-state index in [0.29, 0.717) is 5.41 Å². The Bertz CT molecular complexity index is 858. The molecule has 25 heavy (non-hydrogen) atoms. The van der Waals surface area contributed by atoms with E-state index in [9.17, 15) is 0 Å². The summed E-state index contributed by atoms with van der Waals surface area (Å²) in [5.41, 5.74) is 2.44. The molecule has 4 rings (SSSR count). The second-order valence-electron chi connectivity index (χ2n) is 8.22. The van der Waals surface area contributed by atoms with Crippen LogP contribution < -0.4 is 0 Å². The number of hydrogen-bond acceptors (Lipinski definition) is 4. The predicted molar refractivity (Wildman–Crippen MR) is 105 cm³/mol. The summed E-state index contributed by atoms with van der Waals surface area (Å²) in [6.45, 7) is 10.5. The number of aromatic nitrogens is 1. The quantitative estimate of drug-likeness (QED) is 0.594. The van der Waals surface area contributed by atoms with Crippen LogP contribution in [-0.4, -0.2) is 23.0 Å². The average molecular weight is 355 g/mol. The Morgan fingerprint density at radius 3 is 3.00 bits per heavy atom. The SMILES string of the molecule is CC(C)(C)C1CCCN(Cc2cnc(-c3cccc4ccoc34)s2)C1. The summed E-state index contributed by atoms with van der Waals surface area (Å²) in [6, 6.07) is 8.27. The minimum atomic E-state index is 0.395. The van der Waals surface area contributed by atoms with Gasteiger partial charge in [0.05, 0.1) is 11.8 Å². The average Bonchev–Trinajstić information content (AvgIpc) is 3.23. The van der Waals surface area contributed by atoms with Gasteiger partial charge in [0.1, 0.15) is 10.6 Å². The fraction of sp³-hybridized carbons (Fsp3) is 0.476. The van der Waals surface area contributed by atoms with Crippen LogP contribution in [0.3, 0.4) is 0 Å². The maximum atomic E-state index is 5.67. The first-order valence-electron chi connectivity index (χ1n) is 9.14. The number of piperidine rings is 1. The largest absolute Gasteiger partial charge is 0.464 e. The van der Waals surface area contributed by atoms with Crippen LogP contribution in [0.5, 0.6) is 0 Å². The van der Waals surface area contributed by atoms with E-state index < -0.39 is 0 Å². The summed E-state index contributed by atoms with van der Waals surface area (Å²) >= 11 is 1.79. The van der Waals surface area contributed by atoms with E-state index in [1.807, 2.05) is 12.3 Å². The molecule has 0 amide bonds. The number of nitrogens with zero attached hydrogens (tertiary/aromatic N) is 2. The fourth-order valence-electron chi connectivity index (χ4n) is 3.79. The first-order chi connectivity index (χ1) is 12.0. The van der Waals surface area contributed by atoms with Gasteiger partial charge in [0.15, 0.2) is 0 Å². The van der Waals surface area contributed by atoms with Crippen molar-refractivity contribution in [1.82, 2.24) is 9.88 Å². The third-order valence-corrected chi connectivity index (χ3v) is 6.39. The van der Waals surface area contributed by atoms with Gasteiger partial charge in [-0.15, -0.1) is 11.3 Å². The lowest BCUT2D eigenvalue weighted by Crippen LogP contribution is -2.39. The van der Waals surface area contributed by atoms with Crippen LogP contribution >= 0.6 is 11.3 Å². The van der Waals surface area contributed by atoms with Gasteiger partial charge in [0.2, 0.25) is 0 Å². The minimum absolute atomic E-state index is 0.395. The molecule has 2 aromatic heterocycles. The van der Waals surface area contributed by atoms with Crippen molar-refractivity contribution >= 4 is 22.3 Å². The number of furan rings is 1. The highest BCUT2D eigenvalue weighted by atomic mass is 32.1. The van der Waals surface area contributed by atoms with Gasteiger partial charge in [-0.1, -0.05) is 32.9 Å². The molecule has 1 unspecified atom stereocenters. The maximum Gasteiger partial charge on any atom is 0.144 e. The Morgan fingerprint density at radius 1 is 1.28 bits per heavy atom. The van der Waals surface area contributed by atoms with Crippen molar-refractivity contribution in [3.8, 4) is 10.6 Å². The number of benzene rings is 1. The number of fused-ring (bicyclic) bond motifs is 1. The van der Waals surface area contributed by atoms with Gasteiger partial charge in [0, 0.05) is 29.5 Å². The standard InChI is InChI=1S/C21H26N2OS/c1-21(2,3)16-7-5-10-23(13-16)14-17-12-22-20(25-17)18-8-4-6-15-9-11-24-19(15)18/h4,6,8-9,11-12,16H,5,7,10,13-14H2,1-3H3. The molecule has 1 aliphatic heterocycles. The van der Waals surface area contributed by atoms with E-state index in [-0.39, 0.29) is 0 Å². The van der Waals surface area contributed by atoms with Crippen LogP contribution in [0.2, 0.25) is 0 Å². The Hall–Kier alpha value is -1.65. The van der Waals surface area contributed by atoms with E-state index >= 15 is 0 Å². The molecule has 1 atom stereocenters. The molecule has 3 aromatic rings. The van der Waals surface area contributed by atoms with E-state index in [1.54, 1.807) is 17.6 Å². The van der Waals surface area contributed by atoms with Gasteiger partial charge in [0.25, 0.3) is 0 Å². The number of para-hydroxylation sites is 1. The molecule has 0 aliphatic carbocycles. The number of rotatable bonds is 3.